The normalized spacial score (nSPS) is 11.5. The van der Waals surface area contributed by atoms with Crippen molar-refractivity contribution in [2.75, 3.05) is 10.0 Å². The number of H-pyrrole nitrogens is 2. The lowest BCUT2D eigenvalue weighted by atomic mass is 10.1. The second-order valence-electron chi connectivity index (χ2n) is 8.16. The molecule has 0 aliphatic rings. The zero-order chi connectivity index (χ0) is 23.9. The Morgan fingerprint density at radius 2 is 1.48 bits per heavy atom. The minimum atomic E-state index is -3.86. The van der Waals surface area contributed by atoms with Crippen LogP contribution >= 0.6 is 0 Å². The van der Waals surface area contributed by atoms with Crippen molar-refractivity contribution in [1.82, 2.24) is 9.97 Å². The first kappa shape index (κ1) is 22.3. The number of benzene rings is 3. The van der Waals surface area contributed by atoms with Gasteiger partial charge in [-0.1, -0.05) is 23.8 Å². The van der Waals surface area contributed by atoms with Crippen LogP contribution in [0.2, 0.25) is 0 Å². The summed E-state index contributed by atoms with van der Waals surface area (Å²) in [4.78, 5) is 29.8. The Morgan fingerprint density at radius 1 is 0.818 bits per heavy atom. The van der Waals surface area contributed by atoms with Gasteiger partial charge >= 0.3 is 5.69 Å². The molecule has 4 N–H and O–H groups in total. The minimum absolute atomic E-state index is 0.233. The molecule has 0 saturated carbocycles. The summed E-state index contributed by atoms with van der Waals surface area (Å²) in [6.07, 6.45) is 0. The highest BCUT2D eigenvalue weighted by Gasteiger charge is 2.21. The zero-order valence-electron chi connectivity index (χ0n) is 18.7. The first-order valence-electron chi connectivity index (χ1n) is 10.3. The number of amides is 1. The van der Waals surface area contributed by atoms with Crippen LogP contribution in [0.3, 0.4) is 0 Å². The summed E-state index contributed by atoms with van der Waals surface area (Å²) in [6.45, 7) is 7.21. The lowest BCUT2D eigenvalue weighted by Crippen LogP contribution is -2.18. The number of carbonyl (C=O) groups excluding carboxylic acids is 1. The Bertz CT molecular complexity index is 1540. The third-order valence-corrected chi connectivity index (χ3v) is 7.06. The van der Waals surface area contributed by atoms with Crippen LogP contribution in [0.25, 0.3) is 11.0 Å². The van der Waals surface area contributed by atoms with Gasteiger partial charge in [0.2, 0.25) is 0 Å². The summed E-state index contributed by atoms with van der Waals surface area (Å²) in [5, 5.41) is 2.77. The van der Waals surface area contributed by atoms with E-state index in [1.165, 1.54) is 6.07 Å². The molecule has 4 aromatic rings. The number of rotatable bonds is 5. The Labute approximate surface area is 191 Å². The van der Waals surface area contributed by atoms with Gasteiger partial charge in [0, 0.05) is 11.3 Å². The molecule has 3 aromatic carbocycles. The predicted molar refractivity (Wildman–Crippen MR) is 130 cm³/mol. The third kappa shape index (κ3) is 4.54. The summed E-state index contributed by atoms with van der Waals surface area (Å²) < 4.78 is 29.0. The van der Waals surface area contributed by atoms with E-state index in [1.54, 1.807) is 51.1 Å². The number of aromatic nitrogens is 2. The quantitative estimate of drug-likeness (QED) is 0.354. The lowest BCUT2D eigenvalue weighted by Gasteiger charge is -2.16. The summed E-state index contributed by atoms with van der Waals surface area (Å²) in [5.41, 5.74) is 4.97. The van der Waals surface area contributed by atoms with E-state index in [4.69, 9.17) is 0 Å². The zero-order valence-corrected chi connectivity index (χ0v) is 19.5. The second-order valence-corrected chi connectivity index (χ2v) is 9.78. The fourth-order valence-electron chi connectivity index (χ4n) is 3.97. The van der Waals surface area contributed by atoms with E-state index in [2.05, 4.69) is 20.0 Å². The van der Waals surface area contributed by atoms with E-state index >= 15 is 0 Å². The second kappa shape index (κ2) is 8.25. The summed E-state index contributed by atoms with van der Waals surface area (Å²) >= 11 is 0. The first-order valence-corrected chi connectivity index (χ1v) is 11.8. The molecule has 0 aliphatic carbocycles. The minimum Gasteiger partial charge on any atom is -0.322 e. The van der Waals surface area contributed by atoms with Crippen molar-refractivity contribution in [2.45, 2.75) is 32.6 Å². The number of sulfonamides is 1. The van der Waals surface area contributed by atoms with E-state index in [-0.39, 0.29) is 10.6 Å². The van der Waals surface area contributed by atoms with Crippen molar-refractivity contribution in [3.05, 3.63) is 86.8 Å². The van der Waals surface area contributed by atoms with Crippen LogP contribution in [0.4, 0.5) is 11.4 Å². The average molecular weight is 465 g/mol. The molecule has 9 heteroatoms. The number of aryl methyl sites for hydroxylation is 4. The molecular weight excluding hydrogens is 440 g/mol. The number of hydrogen-bond donors (Lipinski definition) is 4. The number of carbonyl (C=O) groups is 1. The summed E-state index contributed by atoms with van der Waals surface area (Å²) in [6, 6.07) is 13.5. The number of anilines is 2. The van der Waals surface area contributed by atoms with E-state index in [9.17, 15) is 18.0 Å². The van der Waals surface area contributed by atoms with Crippen LogP contribution in [0, 0.1) is 27.7 Å². The third-order valence-electron chi connectivity index (χ3n) is 5.39. The Balaban J connectivity index is 1.62. The van der Waals surface area contributed by atoms with Gasteiger partial charge in [-0.3, -0.25) is 9.52 Å². The van der Waals surface area contributed by atoms with Gasteiger partial charge in [-0.15, -0.1) is 0 Å². The molecule has 0 fully saturated rings. The van der Waals surface area contributed by atoms with Gasteiger partial charge in [0.25, 0.3) is 15.9 Å². The van der Waals surface area contributed by atoms with Gasteiger partial charge < -0.3 is 15.3 Å². The van der Waals surface area contributed by atoms with Gasteiger partial charge in [0.15, 0.2) is 0 Å². The molecule has 8 nitrogen and oxygen atoms in total. The van der Waals surface area contributed by atoms with Crippen molar-refractivity contribution >= 4 is 38.3 Å². The van der Waals surface area contributed by atoms with Crippen LogP contribution in [0.1, 0.15) is 32.6 Å². The molecule has 0 saturated heterocycles. The fourth-order valence-corrected chi connectivity index (χ4v) is 5.55. The maximum atomic E-state index is 13.2. The molecule has 0 atom stereocenters. The van der Waals surface area contributed by atoms with Crippen LogP contribution < -0.4 is 15.7 Å². The van der Waals surface area contributed by atoms with Gasteiger partial charge in [-0.25, -0.2) is 13.2 Å². The SMILES string of the molecule is Cc1cc(C)c(S(=O)(=O)Nc2cc(C(=O)Nc3ccc4[nH]c(=O)[nH]c4c3)ccc2C)c(C)c1. The van der Waals surface area contributed by atoms with Gasteiger partial charge in [0.05, 0.1) is 21.6 Å². The molecule has 4 rings (SSSR count). The molecular formula is C24H24N4O4S. The molecule has 0 spiro atoms. The highest BCUT2D eigenvalue weighted by atomic mass is 32.2. The van der Waals surface area contributed by atoms with E-state index in [0.717, 1.165) is 5.56 Å². The van der Waals surface area contributed by atoms with Crippen molar-refractivity contribution in [3.8, 4) is 0 Å². The smallest absolute Gasteiger partial charge is 0.322 e. The largest absolute Gasteiger partial charge is 0.323 e. The highest BCUT2D eigenvalue weighted by Crippen LogP contribution is 2.27. The van der Waals surface area contributed by atoms with Crippen molar-refractivity contribution in [1.29, 1.82) is 0 Å². The number of fused-ring (bicyclic) bond motifs is 1. The number of hydrogen-bond acceptors (Lipinski definition) is 4. The molecule has 1 heterocycles. The average Bonchev–Trinajstić information content (AvgIpc) is 3.07. The molecule has 170 valence electrons. The van der Waals surface area contributed by atoms with Crippen LogP contribution in [0.15, 0.2) is 58.2 Å². The lowest BCUT2D eigenvalue weighted by molar-refractivity contribution is 0.102. The number of aromatic amines is 2. The molecule has 0 aliphatic heterocycles. The van der Waals surface area contributed by atoms with E-state index < -0.39 is 15.9 Å². The molecule has 1 amide bonds. The first-order chi connectivity index (χ1) is 15.5. The van der Waals surface area contributed by atoms with Crippen molar-refractivity contribution in [3.63, 3.8) is 0 Å². The maximum absolute atomic E-state index is 13.2. The van der Waals surface area contributed by atoms with Gasteiger partial charge in [-0.05, 0) is 74.7 Å². The Morgan fingerprint density at radius 3 is 2.18 bits per heavy atom. The monoisotopic (exact) mass is 464 g/mol. The predicted octanol–water partition coefficient (Wildman–Crippen LogP) is 4.14. The van der Waals surface area contributed by atoms with E-state index in [1.807, 2.05) is 19.1 Å². The molecule has 1 aromatic heterocycles. The van der Waals surface area contributed by atoms with Gasteiger partial charge in [-0.2, -0.15) is 0 Å². The maximum Gasteiger partial charge on any atom is 0.323 e. The molecule has 0 bridgehead atoms. The van der Waals surface area contributed by atoms with Crippen LogP contribution in [-0.2, 0) is 10.0 Å². The number of nitrogens with one attached hydrogen (secondary N) is 4. The molecule has 0 radical (unpaired) electrons. The standard InChI is InChI=1S/C24H24N4O4S/c1-13-9-15(3)22(16(4)10-13)33(31,32)28-20-11-17(6-5-14(20)2)23(29)25-18-7-8-19-21(12-18)27-24(30)26-19/h5-12,28H,1-4H3,(H,25,29)(H2,26,27,30). The Kier molecular flexibility index (Phi) is 5.59. The van der Waals surface area contributed by atoms with Gasteiger partial charge in [0.1, 0.15) is 0 Å². The molecule has 0 unspecified atom stereocenters. The summed E-state index contributed by atoms with van der Waals surface area (Å²) in [5.74, 6) is -0.407. The van der Waals surface area contributed by atoms with Crippen molar-refractivity contribution < 1.29 is 13.2 Å². The van der Waals surface area contributed by atoms with E-state index in [0.29, 0.717) is 44.7 Å². The highest BCUT2D eigenvalue weighted by molar-refractivity contribution is 7.92. The topological polar surface area (TPSA) is 124 Å². The van der Waals surface area contributed by atoms with Crippen LogP contribution in [-0.4, -0.2) is 24.3 Å². The fraction of sp³-hybridized carbons (Fsp3) is 0.167. The Hall–Kier alpha value is -3.85. The van der Waals surface area contributed by atoms with Crippen LogP contribution in [0.5, 0.6) is 0 Å². The molecule has 33 heavy (non-hydrogen) atoms. The van der Waals surface area contributed by atoms with Crippen molar-refractivity contribution in [2.24, 2.45) is 0 Å². The number of imidazole rings is 1. The summed E-state index contributed by atoms with van der Waals surface area (Å²) in [7, 11) is -3.86.